The van der Waals surface area contributed by atoms with Crippen molar-refractivity contribution in [3.63, 3.8) is 0 Å². The summed E-state index contributed by atoms with van der Waals surface area (Å²) >= 11 is 5.95. The molecule has 0 spiro atoms. The van der Waals surface area contributed by atoms with Gasteiger partial charge < -0.3 is 4.90 Å². The van der Waals surface area contributed by atoms with Gasteiger partial charge in [-0.15, -0.1) is 0 Å². The van der Waals surface area contributed by atoms with Gasteiger partial charge in [0, 0.05) is 29.4 Å². The Morgan fingerprint density at radius 2 is 1.93 bits per heavy atom. The minimum atomic E-state index is 0.696. The highest BCUT2D eigenvalue weighted by Crippen LogP contribution is 2.26. The topological polar surface area (TPSA) is 20.3 Å². The van der Waals surface area contributed by atoms with Crippen LogP contribution < -0.4 is 4.90 Å². The molecule has 2 rings (SSSR count). The summed E-state index contributed by atoms with van der Waals surface area (Å²) < 4.78 is 0. The Hall–Kier alpha value is -1.02. The summed E-state index contributed by atoms with van der Waals surface area (Å²) in [6.07, 6.45) is 4.59. The van der Waals surface area contributed by atoms with E-state index < -0.39 is 0 Å². The van der Waals surface area contributed by atoms with Gasteiger partial charge in [-0.3, -0.25) is 4.79 Å². The maximum Gasteiger partial charge on any atom is 0.152 e. The Kier molecular flexibility index (Phi) is 3.27. The molecule has 0 aliphatic carbocycles. The minimum absolute atomic E-state index is 0.696. The van der Waals surface area contributed by atoms with Gasteiger partial charge in [-0.25, -0.2) is 0 Å². The first-order valence-electron chi connectivity index (χ1n) is 5.31. The molecule has 15 heavy (non-hydrogen) atoms. The highest BCUT2D eigenvalue weighted by molar-refractivity contribution is 6.31. The fourth-order valence-corrected chi connectivity index (χ4v) is 2.19. The van der Waals surface area contributed by atoms with Crippen molar-refractivity contribution in [2.45, 2.75) is 19.3 Å². The van der Waals surface area contributed by atoms with Crippen LogP contribution in [0.4, 0.5) is 5.69 Å². The van der Waals surface area contributed by atoms with Crippen LogP contribution in [-0.2, 0) is 0 Å². The third-order valence-electron chi connectivity index (χ3n) is 2.82. The average Bonchev–Trinajstić information content (AvgIpc) is 2.30. The summed E-state index contributed by atoms with van der Waals surface area (Å²) in [5, 5.41) is 0.696. The fraction of sp³-hybridized carbons (Fsp3) is 0.417. The molecule has 1 aliphatic heterocycles. The molecule has 0 atom stereocenters. The summed E-state index contributed by atoms with van der Waals surface area (Å²) in [5.74, 6) is 0. The van der Waals surface area contributed by atoms with Gasteiger partial charge in [-0.05, 0) is 37.5 Å². The molecule has 0 bridgehead atoms. The predicted molar refractivity (Wildman–Crippen MR) is 62.9 cm³/mol. The molecule has 3 heteroatoms. The van der Waals surface area contributed by atoms with E-state index >= 15 is 0 Å². The lowest BCUT2D eigenvalue weighted by Gasteiger charge is -2.29. The molecule has 1 fully saturated rings. The molecule has 0 saturated carbocycles. The van der Waals surface area contributed by atoms with Crippen LogP contribution in [0.1, 0.15) is 29.6 Å². The van der Waals surface area contributed by atoms with Crippen molar-refractivity contribution in [2.24, 2.45) is 0 Å². The lowest BCUT2D eigenvalue weighted by molar-refractivity contribution is 0.112. The first kappa shape index (κ1) is 10.5. The number of aldehydes is 1. The van der Waals surface area contributed by atoms with Crippen LogP contribution in [0.3, 0.4) is 0 Å². The highest BCUT2D eigenvalue weighted by Gasteiger charge is 2.14. The lowest BCUT2D eigenvalue weighted by Crippen LogP contribution is -2.30. The number of hydrogen-bond donors (Lipinski definition) is 0. The zero-order chi connectivity index (χ0) is 10.7. The smallest absolute Gasteiger partial charge is 0.152 e. The Labute approximate surface area is 94.8 Å². The van der Waals surface area contributed by atoms with Crippen molar-refractivity contribution >= 4 is 23.6 Å². The van der Waals surface area contributed by atoms with Crippen LogP contribution in [-0.4, -0.2) is 19.4 Å². The van der Waals surface area contributed by atoms with Gasteiger partial charge in [-0.1, -0.05) is 11.6 Å². The second-order valence-corrected chi connectivity index (χ2v) is 4.31. The Bertz CT molecular complexity index is 359. The molecular formula is C12H14ClNO. The van der Waals surface area contributed by atoms with E-state index in [9.17, 15) is 4.79 Å². The number of anilines is 1. The summed E-state index contributed by atoms with van der Waals surface area (Å²) in [7, 11) is 0. The number of carbonyl (C=O) groups is 1. The molecule has 1 aromatic rings. The van der Waals surface area contributed by atoms with Gasteiger partial charge in [0.05, 0.1) is 0 Å². The Morgan fingerprint density at radius 1 is 1.20 bits per heavy atom. The maximum atomic E-state index is 10.9. The van der Waals surface area contributed by atoms with Gasteiger partial charge in [0.1, 0.15) is 0 Å². The number of rotatable bonds is 2. The fourth-order valence-electron chi connectivity index (χ4n) is 2.03. The molecule has 1 saturated heterocycles. The largest absolute Gasteiger partial charge is 0.371 e. The summed E-state index contributed by atoms with van der Waals surface area (Å²) in [6.45, 7) is 2.06. The van der Waals surface area contributed by atoms with E-state index in [-0.39, 0.29) is 0 Å². The van der Waals surface area contributed by atoms with E-state index in [0.29, 0.717) is 5.02 Å². The van der Waals surface area contributed by atoms with Crippen molar-refractivity contribution in [1.82, 2.24) is 0 Å². The summed E-state index contributed by atoms with van der Waals surface area (Å²) in [5.41, 5.74) is 1.72. The van der Waals surface area contributed by atoms with E-state index in [2.05, 4.69) is 4.90 Å². The quantitative estimate of drug-likeness (QED) is 0.718. The van der Waals surface area contributed by atoms with E-state index in [0.717, 1.165) is 30.6 Å². The normalized spacial score (nSPS) is 16.5. The second-order valence-electron chi connectivity index (χ2n) is 3.87. The van der Waals surface area contributed by atoms with Crippen molar-refractivity contribution in [3.05, 3.63) is 28.8 Å². The molecule has 80 valence electrons. The monoisotopic (exact) mass is 223 g/mol. The first-order chi connectivity index (χ1) is 7.31. The molecule has 1 aliphatic rings. The van der Waals surface area contributed by atoms with Gasteiger partial charge in [0.2, 0.25) is 0 Å². The molecule has 0 aromatic heterocycles. The first-order valence-corrected chi connectivity index (χ1v) is 5.69. The molecule has 0 unspecified atom stereocenters. The summed E-state index contributed by atoms with van der Waals surface area (Å²) in [6, 6.07) is 5.44. The second kappa shape index (κ2) is 4.67. The van der Waals surface area contributed by atoms with Crippen LogP contribution in [0.2, 0.25) is 5.02 Å². The Morgan fingerprint density at radius 3 is 2.60 bits per heavy atom. The molecule has 0 amide bonds. The molecule has 0 N–H and O–H groups in total. The zero-order valence-corrected chi connectivity index (χ0v) is 9.33. The van der Waals surface area contributed by atoms with E-state index in [4.69, 9.17) is 11.6 Å². The molecule has 2 nitrogen and oxygen atoms in total. The average molecular weight is 224 g/mol. The molecule has 0 radical (unpaired) electrons. The third kappa shape index (κ3) is 2.32. The van der Waals surface area contributed by atoms with Gasteiger partial charge in [-0.2, -0.15) is 0 Å². The van der Waals surface area contributed by atoms with Crippen LogP contribution in [0, 0.1) is 0 Å². The van der Waals surface area contributed by atoms with Crippen molar-refractivity contribution in [1.29, 1.82) is 0 Å². The summed E-state index contributed by atoms with van der Waals surface area (Å²) in [4.78, 5) is 13.2. The van der Waals surface area contributed by atoms with Crippen molar-refractivity contribution < 1.29 is 4.79 Å². The number of piperidine rings is 1. The highest BCUT2D eigenvalue weighted by atomic mass is 35.5. The number of nitrogens with zero attached hydrogens (tertiary/aromatic N) is 1. The molecule has 1 aromatic carbocycles. The number of benzene rings is 1. The lowest BCUT2D eigenvalue weighted by atomic mass is 10.1. The van der Waals surface area contributed by atoms with Gasteiger partial charge >= 0.3 is 0 Å². The minimum Gasteiger partial charge on any atom is -0.371 e. The van der Waals surface area contributed by atoms with Crippen LogP contribution >= 0.6 is 11.6 Å². The zero-order valence-electron chi connectivity index (χ0n) is 8.58. The number of hydrogen-bond acceptors (Lipinski definition) is 2. The standard InChI is InChI=1S/C12H14ClNO/c13-11-5-4-10(9-15)12(8-11)14-6-2-1-3-7-14/h4-5,8-9H,1-3,6-7H2. The van der Waals surface area contributed by atoms with E-state index in [1.165, 1.54) is 19.3 Å². The van der Waals surface area contributed by atoms with Crippen LogP contribution in [0.5, 0.6) is 0 Å². The molecular weight excluding hydrogens is 210 g/mol. The predicted octanol–water partition coefficient (Wildman–Crippen LogP) is 3.14. The Balaban J connectivity index is 2.31. The van der Waals surface area contributed by atoms with Crippen LogP contribution in [0.15, 0.2) is 18.2 Å². The van der Waals surface area contributed by atoms with E-state index in [1.807, 2.05) is 6.07 Å². The van der Waals surface area contributed by atoms with Crippen molar-refractivity contribution in [3.8, 4) is 0 Å². The van der Waals surface area contributed by atoms with Gasteiger partial charge in [0.15, 0.2) is 6.29 Å². The van der Waals surface area contributed by atoms with Crippen LogP contribution in [0.25, 0.3) is 0 Å². The SMILES string of the molecule is O=Cc1ccc(Cl)cc1N1CCCCC1. The maximum absolute atomic E-state index is 10.9. The number of carbonyl (C=O) groups excluding carboxylic acids is 1. The number of halogens is 1. The van der Waals surface area contributed by atoms with E-state index in [1.54, 1.807) is 12.1 Å². The third-order valence-corrected chi connectivity index (χ3v) is 3.05. The van der Waals surface area contributed by atoms with Crippen molar-refractivity contribution in [2.75, 3.05) is 18.0 Å². The molecule has 1 heterocycles. The van der Waals surface area contributed by atoms with Gasteiger partial charge in [0.25, 0.3) is 0 Å².